The van der Waals surface area contributed by atoms with Gasteiger partial charge in [0.05, 0.1) is 24.4 Å². The molecule has 1 aliphatic carbocycles. The molecule has 16 atom stereocenters. The van der Waals surface area contributed by atoms with Crippen LogP contribution in [0.3, 0.4) is 0 Å². The summed E-state index contributed by atoms with van der Waals surface area (Å²) in [7, 11) is 4.68. The summed E-state index contributed by atoms with van der Waals surface area (Å²) in [5.41, 5.74) is 15.4. The minimum Gasteiger partial charge on any atom is -0.459 e. The maximum Gasteiger partial charge on any atom is 0.329 e. The molecule has 2 saturated heterocycles. The van der Waals surface area contributed by atoms with Crippen LogP contribution in [0.2, 0.25) is 0 Å². The molecule has 0 aromatic carbocycles. The molecular weight excluding hydrogens is 907 g/mol. The van der Waals surface area contributed by atoms with Gasteiger partial charge < -0.3 is 55.0 Å². The topological polar surface area (TPSA) is 219 Å². The Morgan fingerprint density at radius 3 is 2.32 bits per heavy atom. The first kappa shape index (κ1) is 60.0. The number of hydrogen-bond acceptors (Lipinski definition) is 14. The fourth-order valence-corrected chi connectivity index (χ4v) is 10.8. The number of allylic oxidation sites excluding steroid dienone is 5. The van der Waals surface area contributed by atoms with Crippen LogP contribution in [-0.2, 0) is 47.6 Å². The molecule has 15 nitrogen and oxygen atoms in total. The highest BCUT2D eigenvalue weighted by atomic mass is 16.6. The lowest BCUT2D eigenvalue weighted by atomic mass is 9.80. The van der Waals surface area contributed by atoms with Crippen molar-refractivity contribution in [1.29, 1.82) is 0 Å². The molecule has 3 heterocycles. The van der Waals surface area contributed by atoms with E-state index in [0.29, 0.717) is 70.0 Å². The summed E-state index contributed by atoms with van der Waals surface area (Å²) in [5, 5.41) is 23.6. The summed E-state index contributed by atoms with van der Waals surface area (Å²) in [6.07, 6.45) is 20.9. The number of cyclic esters (lactones) is 1. The molecule has 4 rings (SSSR count). The standard InChI is InChI=1S/C56H89N3O12/c1-11-12-13-19-28-69-46-26-24-41(32-49(46)67-9)31-44(58)48-34-43(57)37(4)30-39(6)51(61)52(68-10)50(60)38(5)29-35(2)20-15-14-16-21-36(3)47(66-8)33-42-25-23-40(7)56(65,71-42)53(62)54(63)59-27-18-17-22-45(59)55(64)70-48/h1,14-16,20-21,30,35,37-38,40-49,51-52,61,65H,12-13,17-19,22-29,31-34,57-58H2,2-10H3/b16-14+,20-15+,36-21+,39-30+/t35-,37-,38-,40-,41+,42+,43?,44-,45+,46-,47+,48+,49-,51-,52+,56-/m1/s1. The molecule has 0 spiro atoms. The normalized spacial score (nSPS) is 38.9. The summed E-state index contributed by atoms with van der Waals surface area (Å²) in [4.78, 5) is 58.2. The van der Waals surface area contributed by atoms with Crippen molar-refractivity contribution in [3.05, 3.63) is 47.6 Å². The van der Waals surface area contributed by atoms with E-state index in [-0.39, 0.29) is 55.1 Å². The number of aliphatic hydroxyl groups excluding tert-OH is 1. The van der Waals surface area contributed by atoms with E-state index in [2.05, 4.69) is 5.92 Å². The van der Waals surface area contributed by atoms with Crippen LogP contribution in [0.1, 0.15) is 138 Å². The van der Waals surface area contributed by atoms with E-state index in [9.17, 15) is 29.4 Å². The number of carbonyl (C=O) groups excluding carboxylic acids is 4. The Hall–Kier alpha value is -3.56. The first-order chi connectivity index (χ1) is 33.8. The van der Waals surface area contributed by atoms with E-state index in [1.807, 2.05) is 64.2 Å². The number of Topliss-reactive ketones (excluding diaryl/α,β-unsaturated/α-hetero) is 2. The third-order valence-corrected chi connectivity index (χ3v) is 15.5. The highest BCUT2D eigenvalue weighted by molar-refractivity contribution is 6.39. The Kier molecular flexibility index (Phi) is 24.8. The number of ketones is 2. The highest BCUT2D eigenvalue weighted by Crippen LogP contribution is 2.37. The summed E-state index contributed by atoms with van der Waals surface area (Å²) < 4.78 is 36.2. The predicted molar refractivity (Wildman–Crippen MR) is 273 cm³/mol. The number of ether oxygens (including phenoxy) is 6. The Balaban J connectivity index is 1.67. The zero-order chi connectivity index (χ0) is 52.4. The van der Waals surface area contributed by atoms with E-state index in [1.54, 1.807) is 28.1 Å². The van der Waals surface area contributed by atoms with Crippen molar-refractivity contribution < 1.29 is 57.8 Å². The molecule has 1 amide bonds. The molecule has 71 heavy (non-hydrogen) atoms. The Bertz CT molecular complexity index is 1890. The quantitative estimate of drug-likeness (QED) is 0.0575. The van der Waals surface area contributed by atoms with Crippen LogP contribution in [-0.4, -0.2) is 140 Å². The summed E-state index contributed by atoms with van der Waals surface area (Å²) in [6.45, 7) is 11.8. The van der Waals surface area contributed by atoms with Crippen LogP contribution in [0.25, 0.3) is 0 Å². The van der Waals surface area contributed by atoms with Crippen LogP contribution in [0.4, 0.5) is 0 Å². The fourth-order valence-electron chi connectivity index (χ4n) is 10.8. The van der Waals surface area contributed by atoms with Crippen LogP contribution in [0.5, 0.6) is 0 Å². The van der Waals surface area contributed by atoms with Crippen molar-refractivity contribution in [2.24, 2.45) is 41.1 Å². The van der Waals surface area contributed by atoms with Gasteiger partial charge >= 0.3 is 5.97 Å². The second kappa shape index (κ2) is 29.4. The monoisotopic (exact) mass is 996 g/mol. The van der Waals surface area contributed by atoms with Crippen LogP contribution in [0.15, 0.2) is 47.6 Å². The van der Waals surface area contributed by atoms with Gasteiger partial charge in [0, 0.05) is 77.7 Å². The zero-order valence-corrected chi connectivity index (χ0v) is 44.3. The Morgan fingerprint density at radius 1 is 0.887 bits per heavy atom. The van der Waals surface area contributed by atoms with Gasteiger partial charge in [-0.25, -0.2) is 4.79 Å². The van der Waals surface area contributed by atoms with E-state index >= 15 is 0 Å². The molecule has 15 heteroatoms. The molecule has 3 aliphatic heterocycles. The summed E-state index contributed by atoms with van der Waals surface area (Å²) in [5.74, 6) is -4.15. The third kappa shape index (κ3) is 17.0. The summed E-state index contributed by atoms with van der Waals surface area (Å²) in [6, 6.07) is -2.43. The second-order valence-electron chi connectivity index (χ2n) is 21.1. The maximum atomic E-state index is 14.5. The van der Waals surface area contributed by atoms with E-state index in [0.717, 1.165) is 31.3 Å². The Labute approximate surface area is 424 Å². The highest BCUT2D eigenvalue weighted by Gasteiger charge is 2.53. The molecule has 400 valence electrons. The van der Waals surface area contributed by atoms with Gasteiger partial charge in [-0.3, -0.25) is 14.4 Å². The van der Waals surface area contributed by atoms with Crippen LogP contribution in [0, 0.1) is 41.9 Å². The van der Waals surface area contributed by atoms with Gasteiger partial charge in [-0.15, -0.1) is 12.3 Å². The molecule has 0 radical (unpaired) electrons. The van der Waals surface area contributed by atoms with Gasteiger partial charge in [0.2, 0.25) is 5.79 Å². The number of rotatable bonds is 11. The number of aliphatic hydroxyl groups is 2. The van der Waals surface area contributed by atoms with E-state index < -0.39 is 83.9 Å². The number of nitrogens with zero attached hydrogens (tertiary/aromatic N) is 1. The number of piperidine rings is 1. The van der Waals surface area contributed by atoms with Crippen LogP contribution >= 0.6 is 0 Å². The molecule has 2 bridgehead atoms. The first-order valence-electron chi connectivity index (χ1n) is 26.3. The SMILES string of the molecule is C#CCCCCO[C@@H]1CC[C@@H](C[C@@H](N)[C@@H]2CC(N)[C@H](C)/C=C(\C)[C@@H](O)[C@@H](OC)C(=O)[C@H](C)C[C@H](C)/C=C/C=C/C=C(\C)[C@@H](OC)C[C@@H]3CC[C@@H](C)[C@@](O)(O3)C(=O)C(=O)N3CCCC[C@H]3C(=O)O2)C[C@H]1OC. The predicted octanol–water partition coefficient (Wildman–Crippen LogP) is 6.46. The van der Waals surface area contributed by atoms with Gasteiger partial charge in [-0.05, 0) is 120 Å². The number of terminal acetylenes is 1. The number of hydrogen-bond donors (Lipinski definition) is 4. The molecule has 6 N–H and O–H groups in total. The van der Waals surface area contributed by atoms with Gasteiger partial charge in [0.25, 0.3) is 11.7 Å². The second-order valence-corrected chi connectivity index (χ2v) is 21.1. The maximum absolute atomic E-state index is 14.5. The molecule has 0 aromatic heterocycles. The zero-order valence-electron chi connectivity index (χ0n) is 44.3. The van der Waals surface area contributed by atoms with Gasteiger partial charge in [-0.2, -0.15) is 0 Å². The van der Waals surface area contributed by atoms with Gasteiger partial charge in [0.1, 0.15) is 24.4 Å². The number of esters is 1. The van der Waals surface area contributed by atoms with Crippen molar-refractivity contribution >= 4 is 23.4 Å². The minimum atomic E-state index is -2.42. The number of nitrogens with two attached hydrogens (primary N) is 2. The molecular formula is C56H89N3O12. The average Bonchev–Trinajstić information content (AvgIpc) is 3.35. The van der Waals surface area contributed by atoms with Crippen LogP contribution < -0.4 is 11.5 Å². The Morgan fingerprint density at radius 2 is 1.63 bits per heavy atom. The van der Waals surface area contributed by atoms with Gasteiger partial charge in [0.15, 0.2) is 5.78 Å². The fraction of sp³-hybridized carbons (Fsp3) is 0.750. The lowest BCUT2D eigenvalue weighted by Gasteiger charge is -2.43. The molecule has 4 aliphatic rings. The lowest BCUT2D eigenvalue weighted by molar-refractivity contribution is -0.265. The number of methoxy groups -OCH3 is 3. The lowest BCUT2D eigenvalue weighted by Crippen LogP contribution is -2.61. The number of unbranched alkanes of at least 4 members (excludes halogenated alkanes) is 2. The van der Waals surface area contributed by atoms with Crippen molar-refractivity contribution in [2.75, 3.05) is 34.5 Å². The van der Waals surface area contributed by atoms with E-state index in [4.69, 9.17) is 46.3 Å². The van der Waals surface area contributed by atoms with Gasteiger partial charge in [-0.1, -0.05) is 64.2 Å². The number of amides is 1. The smallest absolute Gasteiger partial charge is 0.329 e. The molecule has 3 fully saturated rings. The van der Waals surface area contributed by atoms with Crippen molar-refractivity contribution in [3.63, 3.8) is 0 Å². The van der Waals surface area contributed by atoms with Crippen molar-refractivity contribution in [1.82, 2.24) is 4.90 Å². The molecule has 1 saturated carbocycles. The molecule has 1 unspecified atom stereocenters. The minimum absolute atomic E-state index is 0.0364. The van der Waals surface area contributed by atoms with Crippen molar-refractivity contribution in [3.8, 4) is 12.3 Å². The van der Waals surface area contributed by atoms with E-state index in [1.165, 1.54) is 12.0 Å². The van der Waals surface area contributed by atoms with Crippen molar-refractivity contribution in [2.45, 2.75) is 204 Å². The largest absolute Gasteiger partial charge is 0.459 e. The summed E-state index contributed by atoms with van der Waals surface area (Å²) >= 11 is 0. The molecule has 0 aromatic rings. The number of carbonyl (C=O) groups is 4. The average molecular weight is 996 g/mol. The first-order valence-corrected chi connectivity index (χ1v) is 26.3. The number of fused-ring (bicyclic) bond motifs is 3. The third-order valence-electron chi connectivity index (χ3n) is 15.5.